The molecular formula is C14H24N4O3S. The Kier molecular flexibility index (Phi) is 5.12. The summed E-state index contributed by atoms with van der Waals surface area (Å²) in [4.78, 5) is 8.95. The quantitative estimate of drug-likeness (QED) is 0.825. The van der Waals surface area contributed by atoms with E-state index in [0.29, 0.717) is 18.5 Å². The van der Waals surface area contributed by atoms with Crippen molar-refractivity contribution in [3.05, 3.63) is 12.4 Å². The van der Waals surface area contributed by atoms with Gasteiger partial charge in [0.15, 0.2) is 0 Å². The number of H-pyrrole nitrogens is 1. The van der Waals surface area contributed by atoms with Crippen molar-refractivity contribution in [2.75, 3.05) is 32.8 Å². The molecule has 0 unspecified atom stereocenters. The molecule has 0 bridgehead atoms. The van der Waals surface area contributed by atoms with Gasteiger partial charge in [-0.1, -0.05) is 12.8 Å². The van der Waals surface area contributed by atoms with Crippen LogP contribution < -0.4 is 4.72 Å². The molecule has 3 rings (SSSR count). The van der Waals surface area contributed by atoms with E-state index in [4.69, 9.17) is 4.74 Å². The number of hydrogen-bond acceptors (Lipinski definition) is 5. The fourth-order valence-electron chi connectivity index (χ4n) is 3.50. The Hall–Kier alpha value is -0.960. The second kappa shape index (κ2) is 7.08. The average molecular weight is 328 g/mol. The second-order valence-corrected chi connectivity index (χ2v) is 7.69. The van der Waals surface area contributed by atoms with Crippen LogP contribution >= 0.6 is 0 Å². The summed E-state index contributed by atoms with van der Waals surface area (Å²) in [6.07, 6.45) is 7.59. The van der Waals surface area contributed by atoms with Crippen molar-refractivity contribution in [2.45, 2.75) is 36.9 Å². The van der Waals surface area contributed by atoms with Gasteiger partial charge in [0, 0.05) is 38.1 Å². The minimum Gasteiger partial charge on any atom is -0.379 e. The van der Waals surface area contributed by atoms with Crippen molar-refractivity contribution in [3.8, 4) is 0 Å². The summed E-state index contributed by atoms with van der Waals surface area (Å²) in [7, 11) is -3.53. The lowest BCUT2D eigenvalue weighted by molar-refractivity contribution is -0.00645. The summed E-state index contributed by atoms with van der Waals surface area (Å²) in [6, 6.07) is 0.456. The molecule has 1 saturated heterocycles. The molecule has 22 heavy (non-hydrogen) atoms. The molecular weight excluding hydrogens is 304 g/mol. The number of aromatic amines is 1. The van der Waals surface area contributed by atoms with Crippen LogP contribution in [-0.4, -0.2) is 62.2 Å². The SMILES string of the molecule is O=S(=O)(NC[C@@H]1CCCC[C@@H]1N1CCOCC1)c1ncc[nH]1. The molecule has 1 aromatic heterocycles. The Bertz CT molecular complexity index is 555. The molecule has 7 nitrogen and oxygen atoms in total. The van der Waals surface area contributed by atoms with E-state index in [1.807, 2.05) is 0 Å². The van der Waals surface area contributed by atoms with Gasteiger partial charge in [0.2, 0.25) is 5.16 Å². The van der Waals surface area contributed by atoms with Crippen LogP contribution in [0.4, 0.5) is 0 Å². The van der Waals surface area contributed by atoms with E-state index in [1.54, 1.807) is 0 Å². The van der Waals surface area contributed by atoms with E-state index >= 15 is 0 Å². The van der Waals surface area contributed by atoms with Crippen LogP contribution in [0.15, 0.2) is 17.6 Å². The first kappa shape index (κ1) is 15.9. The van der Waals surface area contributed by atoms with Crippen molar-refractivity contribution in [3.63, 3.8) is 0 Å². The van der Waals surface area contributed by atoms with Gasteiger partial charge in [-0.2, -0.15) is 0 Å². The Balaban J connectivity index is 1.62. The van der Waals surface area contributed by atoms with Gasteiger partial charge < -0.3 is 9.72 Å². The number of hydrogen-bond donors (Lipinski definition) is 2. The standard InChI is InChI=1S/C14H24N4O3S/c19-22(20,14-15-5-6-16-14)17-11-12-3-1-2-4-13(12)18-7-9-21-10-8-18/h5-6,12-13,17H,1-4,7-11H2,(H,15,16)/t12-,13-/m0/s1. The predicted octanol–water partition coefficient (Wildman–Crippen LogP) is 0.579. The first-order valence-corrected chi connectivity index (χ1v) is 9.46. The number of sulfonamides is 1. The molecule has 1 saturated carbocycles. The number of rotatable bonds is 5. The van der Waals surface area contributed by atoms with Gasteiger partial charge >= 0.3 is 0 Å². The summed E-state index contributed by atoms with van der Waals surface area (Å²) in [5.41, 5.74) is 0. The largest absolute Gasteiger partial charge is 0.379 e. The molecule has 2 N–H and O–H groups in total. The Morgan fingerprint density at radius 3 is 2.82 bits per heavy atom. The van der Waals surface area contributed by atoms with Crippen LogP contribution in [0.1, 0.15) is 25.7 Å². The zero-order valence-corrected chi connectivity index (χ0v) is 13.5. The minimum absolute atomic E-state index is 0.00812. The Labute approximate surface area is 131 Å². The number of aromatic nitrogens is 2. The predicted molar refractivity (Wildman–Crippen MR) is 81.9 cm³/mol. The number of nitrogens with zero attached hydrogens (tertiary/aromatic N) is 2. The molecule has 1 aromatic rings. The van der Waals surface area contributed by atoms with Gasteiger partial charge in [0.25, 0.3) is 10.0 Å². The maximum atomic E-state index is 12.2. The Morgan fingerprint density at radius 1 is 1.32 bits per heavy atom. The maximum absolute atomic E-state index is 12.2. The summed E-state index contributed by atoms with van der Waals surface area (Å²) < 4.78 is 32.5. The van der Waals surface area contributed by atoms with Crippen molar-refractivity contribution >= 4 is 10.0 Å². The van der Waals surface area contributed by atoms with E-state index in [1.165, 1.54) is 25.2 Å². The van der Waals surface area contributed by atoms with Crippen molar-refractivity contribution in [1.29, 1.82) is 0 Å². The number of morpholine rings is 1. The summed E-state index contributed by atoms with van der Waals surface area (Å²) in [5.74, 6) is 0.358. The Morgan fingerprint density at radius 2 is 2.09 bits per heavy atom. The van der Waals surface area contributed by atoms with Gasteiger partial charge in [0.05, 0.1) is 13.2 Å². The highest BCUT2D eigenvalue weighted by molar-refractivity contribution is 7.89. The molecule has 2 atom stereocenters. The summed E-state index contributed by atoms with van der Waals surface area (Å²) in [5, 5.41) is -0.00812. The third-order valence-electron chi connectivity index (χ3n) is 4.65. The first-order valence-electron chi connectivity index (χ1n) is 7.98. The molecule has 1 aliphatic heterocycles. The van der Waals surface area contributed by atoms with E-state index in [2.05, 4.69) is 19.6 Å². The lowest BCUT2D eigenvalue weighted by Crippen LogP contribution is -2.50. The third-order valence-corrected chi connectivity index (χ3v) is 5.93. The van der Waals surface area contributed by atoms with Gasteiger partial charge in [0.1, 0.15) is 0 Å². The minimum atomic E-state index is -3.53. The average Bonchev–Trinajstić information content (AvgIpc) is 3.10. The van der Waals surface area contributed by atoms with Crippen LogP contribution in [0.3, 0.4) is 0 Å². The molecule has 124 valence electrons. The van der Waals surface area contributed by atoms with Gasteiger partial charge in [-0.15, -0.1) is 0 Å². The maximum Gasteiger partial charge on any atom is 0.274 e. The summed E-state index contributed by atoms with van der Waals surface area (Å²) >= 11 is 0. The van der Waals surface area contributed by atoms with Crippen LogP contribution in [-0.2, 0) is 14.8 Å². The molecule has 8 heteroatoms. The summed E-state index contributed by atoms with van der Waals surface area (Å²) in [6.45, 7) is 3.94. The molecule has 2 heterocycles. The van der Waals surface area contributed by atoms with E-state index < -0.39 is 10.0 Å². The van der Waals surface area contributed by atoms with E-state index in [-0.39, 0.29) is 5.16 Å². The molecule has 0 spiro atoms. The second-order valence-electron chi connectivity index (χ2n) is 6.01. The number of nitrogens with one attached hydrogen (secondary N) is 2. The fourth-order valence-corrected chi connectivity index (χ4v) is 4.49. The van der Waals surface area contributed by atoms with Crippen molar-refractivity contribution in [2.24, 2.45) is 5.92 Å². The monoisotopic (exact) mass is 328 g/mol. The number of imidazole rings is 1. The topological polar surface area (TPSA) is 87.3 Å². The fraction of sp³-hybridized carbons (Fsp3) is 0.786. The highest BCUT2D eigenvalue weighted by atomic mass is 32.2. The zero-order valence-electron chi connectivity index (χ0n) is 12.7. The van der Waals surface area contributed by atoms with Crippen molar-refractivity contribution < 1.29 is 13.2 Å². The van der Waals surface area contributed by atoms with Crippen LogP contribution in [0.2, 0.25) is 0 Å². The van der Waals surface area contributed by atoms with E-state index in [9.17, 15) is 8.42 Å². The van der Waals surface area contributed by atoms with E-state index in [0.717, 1.165) is 39.1 Å². The lowest BCUT2D eigenvalue weighted by atomic mass is 9.83. The molecule has 0 amide bonds. The molecule has 2 fully saturated rings. The highest BCUT2D eigenvalue weighted by Gasteiger charge is 2.32. The van der Waals surface area contributed by atoms with Crippen LogP contribution in [0.5, 0.6) is 0 Å². The first-order chi connectivity index (χ1) is 10.7. The van der Waals surface area contributed by atoms with Gasteiger partial charge in [-0.25, -0.2) is 18.1 Å². The number of ether oxygens (including phenoxy) is 1. The van der Waals surface area contributed by atoms with Gasteiger partial charge in [-0.3, -0.25) is 4.90 Å². The molecule has 0 aromatic carbocycles. The zero-order chi connectivity index (χ0) is 15.4. The smallest absolute Gasteiger partial charge is 0.274 e. The molecule has 2 aliphatic rings. The van der Waals surface area contributed by atoms with Gasteiger partial charge in [-0.05, 0) is 18.8 Å². The highest BCUT2D eigenvalue weighted by Crippen LogP contribution is 2.29. The van der Waals surface area contributed by atoms with Crippen LogP contribution in [0.25, 0.3) is 0 Å². The van der Waals surface area contributed by atoms with Crippen molar-refractivity contribution in [1.82, 2.24) is 19.6 Å². The van der Waals surface area contributed by atoms with Crippen LogP contribution in [0, 0.1) is 5.92 Å². The molecule has 1 aliphatic carbocycles. The normalized spacial score (nSPS) is 27.8. The lowest BCUT2D eigenvalue weighted by Gasteiger charge is -2.41. The molecule has 0 radical (unpaired) electrons. The third kappa shape index (κ3) is 3.68.